The monoisotopic (exact) mass is 290 g/mol. The van der Waals surface area contributed by atoms with Crippen molar-refractivity contribution in [2.24, 2.45) is 5.92 Å². The molecule has 3 nitrogen and oxygen atoms in total. The van der Waals surface area contributed by atoms with Crippen LogP contribution in [0.3, 0.4) is 0 Å². The van der Waals surface area contributed by atoms with Gasteiger partial charge in [0.15, 0.2) is 0 Å². The molecule has 1 atom stereocenters. The van der Waals surface area contributed by atoms with Crippen LogP contribution in [0.1, 0.15) is 51.5 Å². The highest BCUT2D eigenvalue weighted by molar-refractivity contribution is 5.69. The van der Waals surface area contributed by atoms with E-state index in [-0.39, 0.29) is 5.92 Å². The summed E-state index contributed by atoms with van der Waals surface area (Å²) in [5.41, 5.74) is 2.56. The van der Waals surface area contributed by atoms with Gasteiger partial charge in [-0.15, -0.1) is 0 Å². The van der Waals surface area contributed by atoms with Crippen molar-refractivity contribution in [1.82, 2.24) is 0 Å². The van der Waals surface area contributed by atoms with E-state index in [0.29, 0.717) is 0 Å². The number of carboxylic acid groups (broad SMARTS) is 1. The van der Waals surface area contributed by atoms with Crippen molar-refractivity contribution in [2.45, 2.75) is 46.0 Å². The van der Waals surface area contributed by atoms with E-state index < -0.39 is 5.97 Å². The summed E-state index contributed by atoms with van der Waals surface area (Å²) in [6.45, 7) is 3.94. The van der Waals surface area contributed by atoms with Crippen LogP contribution < -0.4 is 4.74 Å². The molecule has 116 valence electrons. The maximum absolute atomic E-state index is 10.8. The molecule has 0 amide bonds. The first-order valence-corrected chi connectivity index (χ1v) is 7.64. The van der Waals surface area contributed by atoms with Gasteiger partial charge in [0.05, 0.1) is 13.0 Å². The number of benzene rings is 1. The topological polar surface area (TPSA) is 46.5 Å². The number of unbranched alkanes of at least 4 members (excludes halogenated alkanes) is 1. The van der Waals surface area contributed by atoms with Crippen LogP contribution in [0.2, 0.25) is 0 Å². The molecule has 0 saturated heterocycles. The molecule has 0 spiro atoms. The zero-order valence-electron chi connectivity index (χ0n) is 13.3. The first kappa shape index (κ1) is 17.3. The minimum absolute atomic E-state index is 0.256. The van der Waals surface area contributed by atoms with Crippen molar-refractivity contribution in [3.8, 4) is 5.75 Å². The van der Waals surface area contributed by atoms with Gasteiger partial charge in [0, 0.05) is 0 Å². The number of hydrogen-bond donors (Lipinski definition) is 1. The number of methoxy groups -OCH3 is 1. The maximum Gasteiger partial charge on any atom is 0.306 e. The van der Waals surface area contributed by atoms with Gasteiger partial charge in [-0.25, -0.2) is 0 Å². The first-order valence-electron chi connectivity index (χ1n) is 7.64. The van der Waals surface area contributed by atoms with Crippen molar-refractivity contribution >= 4 is 11.5 Å². The quantitative estimate of drug-likeness (QED) is 0.666. The lowest BCUT2D eigenvalue weighted by atomic mass is 9.98. The molecule has 1 aromatic carbocycles. The van der Waals surface area contributed by atoms with E-state index in [0.717, 1.165) is 37.9 Å². The molecule has 0 aliphatic carbocycles. The SMILES string of the molecule is CCCC(=CCCCC(C)C(=O)O)c1ccc(OC)cc1. The van der Waals surface area contributed by atoms with Crippen molar-refractivity contribution in [3.05, 3.63) is 35.9 Å². The number of allylic oxidation sites excluding steroid dienone is 2. The highest BCUT2D eigenvalue weighted by atomic mass is 16.5. The normalized spacial score (nSPS) is 13.0. The number of carbonyl (C=O) groups is 1. The standard InChI is InChI=1S/C18H26O3/c1-4-7-15(9-6-5-8-14(2)18(19)20)16-10-12-17(21-3)13-11-16/h9-14H,4-8H2,1-3H3,(H,19,20). The molecule has 1 rings (SSSR count). The summed E-state index contributed by atoms with van der Waals surface area (Å²) < 4.78 is 5.18. The summed E-state index contributed by atoms with van der Waals surface area (Å²) in [4.78, 5) is 10.8. The Kier molecular flexibility index (Phi) is 7.59. The molecular weight excluding hydrogens is 264 g/mol. The average molecular weight is 290 g/mol. The highest BCUT2D eigenvalue weighted by Crippen LogP contribution is 2.24. The lowest BCUT2D eigenvalue weighted by Crippen LogP contribution is -2.08. The van der Waals surface area contributed by atoms with E-state index >= 15 is 0 Å². The van der Waals surface area contributed by atoms with Gasteiger partial charge < -0.3 is 9.84 Å². The molecule has 0 radical (unpaired) electrons. The Balaban J connectivity index is 2.62. The second-order valence-corrected chi connectivity index (χ2v) is 5.38. The Morgan fingerprint density at radius 2 is 2.00 bits per heavy atom. The van der Waals surface area contributed by atoms with Crippen LogP contribution in [-0.4, -0.2) is 18.2 Å². The molecule has 0 aromatic heterocycles. The van der Waals surface area contributed by atoms with E-state index in [4.69, 9.17) is 9.84 Å². The Morgan fingerprint density at radius 1 is 1.33 bits per heavy atom. The molecule has 21 heavy (non-hydrogen) atoms. The van der Waals surface area contributed by atoms with Crippen molar-refractivity contribution in [1.29, 1.82) is 0 Å². The highest BCUT2D eigenvalue weighted by Gasteiger charge is 2.09. The molecule has 0 saturated carbocycles. The third-order valence-electron chi connectivity index (χ3n) is 3.63. The third kappa shape index (κ3) is 6.03. The number of carboxylic acids is 1. The summed E-state index contributed by atoms with van der Waals surface area (Å²) in [6.07, 6.45) is 6.97. The predicted octanol–water partition coefficient (Wildman–Crippen LogP) is 4.77. The van der Waals surface area contributed by atoms with Gasteiger partial charge in [0.2, 0.25) is 0 Å². The molecule has 0 aliphatic rings. The Morgan fingerprint density at radius 3 is 2.52 bits per heavy atom. The lowest BCUT2D eigenvalue weighted by molar-refractivity contribution is -0.141. The van der Waals surface area contributed by atoms with Gasteiger partial charge in [-0.05, 0) is 49.0 Å². The summed E-state index contributed by atoms with van der Waals surface area (Å²) in [5.74, 6) is -0.0955. The third-order valence-corrected chi connectivity index (χ3v) is 3.63. The van der Waals surface area contributed by atoms with E-state index in [2.05, 4.69) is 25.1 Å². The van der Waals surface area contributed by atoms with Crippen LogP contribution in [0.4, 0.5) is 0 Å². The summed E-state index contributed by atoms with van der Waals surface area (Å²) in [5, 5.41) is 8.87. The second-order valence-electron chi connectivity index (χ2n) is 5.38. The van der Waals surface area contributed by atoms with Gasteiger partial charge in [-0.3, -0.25) is 4.79 Å². The molecule has 1 aromatic rings. The van der Waals surface area contributed by atoms with Crippen LogP contribution >= 0.6 is 0 Å². The van der Waals surface area contributed by atoms with E-state index in [9.17, 15) is 4.79 Å². The number of ether oxygens (including phenoxy) is 1. The second kappa shape index (κ2) is 9.22. The summed E-state index contributed by atoms with van der Waals surface area (Å²) in [6, 6.07) is 8.12. The van der Waals surface area contributed by atoms with Crippen molar-refractivity contribution in [2.75, 3.05) is 7.11 Å². The number of aliphatic carboxylic acids is 1. The Bertz CT molecular complexity index is 460. The van der Waals surface area contributed by atoms with Crippen molar-refractivity contribution in [3.63, 3.8) is 0 Å². The van der Waals surface area contributed by atoms with Crippen molar-refractivity contribution < 1.29 is 14.6 Å². The smallest absolute Gasteiger partial charge is 0.306 e. The zero-order chi connectivity index (χ0) is 15.7. The first-order chi connectivity index (χ1) is 10.1. The van der Waals surface area contributed by atoms with Gasteiger partial charge in [-0.2, -0.15) is 0 Å². The Hall–Kier alpha value is -1.77. The lowest BCUT2D eigenvalue weighted by Gasteiger charge is -2.09. The minimum atomic E-state index is -0.706. The molecule has 1 unspecified atom stereocenters. The van der Waals surface area contributed by atoms with E-state index in [1.165, 1.54) is 11.1 Å². The fourth-order valence-corrected chi connectivity index (χ4v) is 2.26. The fourth-order valence-electron chi connectivity index (χ4n) is 2.26. The number of rotatable bonds is 9. The summed E-state index contributed by atoms with van der Waals surface area (Å²) >= 11 is 0. The molecular formula is C18H26O3. The number of hydrogen-bond acceptors (Lipinski definition) is 2. The summed E-state index contributed by atoms with van der Waals surface area (Å²) in [7, 11) is 1.67. The van der Waals surface area contributed by atoms with Gasteiger partial charge in [0.25, 0.3) is 0 Å². The van der Waals surface area contributed by atoms with E-state index in [1.54, 1.807) is 14.0 Å². The average Bonchev–Trinajstić information content (AvgIpc) is 2.50. The van der Waals surface area contributed by atoms with Gasteiger partial charge in [-0.1, -0.05) is 38.5 Å². The molecule has 0 heterocycles. The van der Waals surface area contributed by atoms with Crippen LogP contribution in [0.25, 0.3) is 5.57 Å². The fraction of sp³-hybridized carbons (Fsp3) is 0.500. The predicted molar refractivity (Wildman–Crippen MR) is 86.5 cm³/mol. The Labute approximate surface area is 127 Å². The zero-order valence-corrected chi connectivity index (χ0v) is 13.3. The molecule has 0 bridgehead atoms. The molecule has 1 N–H and O–H groups in total. The largest absolute Gasteiger partial charge is 0.497 e. The maximum atomic E-state index is 10.8. The van der Waals surface area contributed by atoms with Crippen LogP contribution in [0, 0.1) is 5.92 Å². The van der Waals surface area contributed by atoms with E-state index in [1.807, 2.05) is 12.1 Å². The molecule has 0 aliphatic heterocycles. The van der Waals surface area contributed by atoms with Crippen LogP contribution in [-0.2, 0) is 4.79 Å². The van der Waals surface area contributed by atoms with Crippen LogP contribution in [0.5, 0.6) is 5.75 Å². The molecule has 3 heteroatoms. The minimum Gasteiger partial charge on any atom is -0.497 e. The van der Waals surface area contributed by atoms with Gasteiger partial charge >= 0.3 is 5.97 Å². The van der Waals surface area contributed by atoms with Gasteiger partial charge in [0.1, 0.15) is 5.75 Å². The van der Waals surface area contributed by atoms with Crippen LogP contribution in [0.15, 0.2) is 30.3 Å². The molecule has 0 fully saturated rings.